The van der Waals surface area contributed by atoms with E-state index in [2.05, 4.69) is 6.58 Å². The molecule has 0 N–H and O–H groups in total. The minimum absolute atomic E-state index is 0.208. The molecule has 0 bridgehead atoms. The first-order chi connectivity index (χ1) is 15.4. The Balaban J connectivity index is 1.35. The predicted octanol–water partition coefficient (Wildman–Crippen LogP) is 8.10. The van der Waals surface area contributed by atoms with Gasteiger partial charge in [0.2, 0.25) is 0 Å². The zero-order valence-corrected chi connectivity index (χ0v) is 18.9. The van der Waals surface area contributed by atoms with Gasteiger partial charge in [0.1, 0.15) is 22.4 Å². The maximum Gasteiger partial charge on any atom is 0.343 e. The third-order valence-corrected chi connectivity index (χ3v) is 7.65. The van der Waals surface area contributed by atoms with Crippen LogP contribution in [0.4, 0.5) is 8.78 Å². The highest BCUT2D eigenvalue weighted by Crippen LogP contribution is 2.48. The normalized spacial score (nSPS) is 25.1. The quantitative estimate of drug-likeness (QED) is 0.189. The lowest BCUT2D eigenvalue weighted by Crippen LogP contribution is -2.30. The van der Waals surface area contributed by atoms with Crippen molar-refractivity contribution in [3.63, 3.8) is 0 Å². The van der Waals surface area contributed by atoms with Crippen LogP contribution in [0.5, 0.6) is 5.75 Å². The molecule has 2 aromatic rings. The lowest BCUT2D eigenvalue weighted by Gasteiger charge is -2.42. The number of carbonyl (C=O) groups is 1. The fraction of sp³-hybridized carbons (Fsp3) is 0.444. The van der Waals surface area contributed by atoms with Gasteiger partial charge in [-0.25, -0.2) is 13.6 Å². The molecule has 0 amide bonds. The fourth-order valence-electron chi connectivity index (χ4n) is 5.55. The van der Waals surface area contributed by atoms with E-state index in [0.29, 0.717) is 11.5 Å². The minimum atomic E-state index is -0.963. The summed E-state index contributed by atoms with van der Waals surface area (Å²) < 4.78 is 32.3. The van der Waals surface area contributed by atoms with Gasteiger partial charge in [-0.3, -0.25) is 0 Å². The largest absolute Gasteiger partial charge is 0.423 e. The van der Waals surface area contributed by atoms with Crippen LogP contribution in [0.25, 0.3) is 0 Å². The predicted molar refractivity (Wildman–Crippen MR) is 123 cm³/mol. The molecule has 2 aromatic carbocycles. The second kappa shape index (κ2) is 10.2. The maximum atomic E-state index is 13.6. The van der Waals surface area contributed by atoms with Gasteiger partial charge in [-0.2, -0.15) is 0 Å². The van der Waals surface area contributed by atoms with Gasteiger partial charge in [0.25, 0.3) is 0 Å². The van der Waals surface area contributed by atoms with E-state index in [4.69, 9.17) is 16.3 Å². The van der Waals surface area contributed by atoms with Crippen molar-refractivity contribution >= 4 is 17.6 Å². The van der Waals surface area contributed by atoms with Gasteiger partial charge in [-0.1, -0.05) is 36.2 Å². The average molecular weight is 459 g/mol. The van der Waals surface area contributed by atoms with E-state index in [9.17, 15) is 13.6 Å². The van der Waals surface area contributed by atoms with E-state index < -0.39 is 22.6 Å². The van der Waals surface area contributed by atoms with E-state index in [1.54, 1.807) is 12.1 Å². The Labute approximate surface area is 193 Å². The van der Waals surface area contributed by atoms with Gasteiger partial charge >= 0.3 is 5.97 Å². The molecular formula is C27H29ClF2O2. The average Bonchev–Trinajstić information content (AvgIpc) is 2.80. The van der Waals surface area contributed by atoms with E-state index in [1.165, 1.54) is 50.5 Å². The molecule has 4 rings (SSSR count). The number of benzene rings is 2. The fourth-order valence-corrected chi connectivity index (χ4v) is 5.66. The van der Waals surface area contributed by atoms with Crippen LogP contribution in [0.1, 0.15) is 73.2 Å². The summed E-state index contributed by atoms with van der Waals surface area (Å²) in [5, 5.41) is -0.617. The highest BCUT2D eigenvalue weighted by Gasteiger charge is 2.35. The molecule has 2 nitrogen and oxygen atoms in total. The standard InChI is InChI=1S/C27H29ClF2O2/c1-2-3-4-17-5-6-22-14-21(12-11-20(22)13-17)18-7-9-19(10-8-18)27(31)32-23-15-24(29)26(28)25(30)16-23/h2,7-10,15-17,20-22H,1,3-6,11-14H2. The van der Waals surface area contributed by atoms with E-state index in [-0.39, 0.29) is 5.75 Å². The Morgan fingerprint density at radius 1 is 1.03 bits per heavy atom. The number of rotatable bonds is 6. The molecule has 4 unspecified atom stereocenters. The van der Waals surface area contributed by atoms with Gasteiger partial charge in [0, 0.05) is 12.1 Å². The Morgan fingerprint density at radius 2 is 1.69 bits per heavy atom. The molecule has 2 aliphatic rings. The molecule has 0 aromatic heterocycles. The maximum absolute atomic E-state index is 13.6. The molecule has 170 valence electrons. The van der Waals surface area contributed by atoms with Gasteiger partial charge in [-0.15, -0.1) is 6.58 Å². The number of carbonyl (C=O) groups excluding carboxylic acids is 1. The van der Waals surface area contributed by atoms with Crippen LogP contribution in [-0.2, 0) is 0 Å². The summed E-state index contributed by atoms with van der Waals surface area (Å²) in [6, 6.07) is 9.25. The Bertz CT molecular complexity index is 949. The number of hydrogen-bond acceptors (Lipinski definition) is 2. The van der Waals surface area contributed by atoms with E-state index >= 15 is 0 Å². The first-order valence-electron chi connectivity index (χ1n) is 11.5. The molecule has 0 radical (unpaired) electrons. The highest BCUT2D eigenvalue weighted by molar-refractivity contribution is 6.30. The molecular weight excluding hydrogens is 430 g/mol. The number of fused-ring (bicyclic) bond motifs is 1. The number of allylic oxidation sites excluding steroid dienone is 1. The Morgan fingerprint density at radius 3 is 2.38 bits per heavy atom. The van der Waals surface area contributed by atoms with Crippen molar-refractivity contribution in [3.05, 3.63) is 76.8 Å². The number of halogens is 3. The second-order valence-electron chi connectivity index (χ2n) is 9.29. The topological polar surface area (TPSA) is 26.3 Å². The Kier molecular flexibility index (Phi) is 7.30. The molecule has 2 aliphatic carbocycles. The van der Waals surface area contributed by atoms with Crippen molar-refractivity contribution in [2.45, 2.75) is 57.3 Å². The van der Waals surface area contributed by atoms with Gasteiger partial charge in [-0.05, 0) is 86.3 Å². The summed E-state index contributed by atoms with van der Waals surface area (Å²) in [5.74, 6) is 0.242. The van der Waals surface area contributed by atoms with Crippen LogP contribution < -0.4 is 4.74 Å². The van der Waals surface area contributed by atoms with Gasteiger partial charge in [0.05, 0.1) is 5.56 Å². The molecule has 0 aliphatic heterocycles. The molecule has 32 heavy (non-hydrogen) atoms. The summed E-state index contributed by atoms with van der Waals surface area (Å²) >= 11 is 5.47. The molecule has 5 heteroatoms. The second-order valence-corrected chi connectivity index (χ2v) is 9.67. The summed E-state index contributed by atoms with van der Waals surface area (Å²) in [6.45, 7) is 3.85. The molecule has 2 fully saturated rings. The minimum Gasteiger partial charge on any atom is -0.423 e. The third kappa shape index (κ3) is 5.23. The van der Waals surface area contributed by atoms with E-state index in [0.717, 1.165) is 36.3 Å². The zero-order chi connectivity index (χ0) is 22.7. The van der Waals surface area contributed by atoms with Crippen LogP contribution in [0.2, 0.25) is 5.02 Å². The van der Waals surface area contributed by atoms with Crippen molar-refractivity contribution in [3.8, 4) is 5.75 Å². The van der Waals surface area contributed by atoms with Crippen LogP contribution in [0, 0.1) is 29.4 Å². The first-order valence-corrected chi connectivity index (χ1v) is 11.9. The molecule has 0 saturated heterocycles. The van der Waals surface area contributed by atoms with Crippen molar-refractivity contribution in [2.75, 3.05) is 0 Å². The third-order valence-electron chi connectivity index (χ3n) is 7.29. The smallest absolute Gasteiger partial charge is 0.343 e. The van der Waals surface area contributed by atoms with Crippen LogP contribution in [-0.4, -0.2) is 5.97 Å². The van der Waals surface area contributed by atoms with Crippen LogP contribution in [0.3, 0.4) is 0 Å². The number of ether oxygens (including phenoxy) is 1. The molecule has 0 spiro atoms. The first kappa shape index (κ1) is 23.0. The van der Waals surface area contributed by atoms with Crippen molar-refractivity contribution in [1.82, 2.24) is 0 Å². The summed E-state index contributed by atoms with van der Waals surface area (Å²) in [5.41, 5.74) is 1.60. The SMILES string of the molecule is C=CCCC1CCC2CC(c3ccc(C(=O)Oc4cc(F)c(Cl)c(F)c4)cc3)CCC2C1. The van der Waals surface area contributed by atoms with Crippen molar-refractivity contribution in [2.24, 2.45) is 17.8 Å². The van der Waals surface area contributed by atoms with Crippen molar-refractivity contribution < 1.29 is 18.3 Å². The Hall–Kier alpha value is -2.20. The molecule has 4 atom stereocenters. The highest BCUT2D eigenvalue weighted by atomic mass is 35.5. The number of esters is 1. The zero-order valence-electron chi connectivity index (χ0n) is 18.2. The van der Waals surface area contributed by atoms with E-state index in [1.807, 2.05) is 18.2 Å². The monoisotopic (exact) mass is 458 g/mol. The summed E-state index contributed by atoms with van der Waals surface area (Å²) in [7, 11) is 0. The lowest BCUT2D eigenvalue weighted by atomic mass is 9.63. The van der Waals surface area contributed by atoms with Crippen LogP contribution >= 0.6 is 11.6 Å². The van der Waals surface area contributed by atoms with Gasteiger partial charge < -0.3 is 4.74 Å². The number of hydrogen-bond donors (Lipinski definition) is 0. The summed E-state index contributed by atoms with van der Waals surface area (Å²) in [4.78, 5) is 12.4. The van der Waals surface area contributed by atoms with Crippen LogP contribution in [0.15, 0.2) is 49.1 Å². The summed E-state index contributed by atoms with van der Waals surface area (Å²) in [6.07, 6.45) is 12.1. The molecule has 2 saturated carbocycles. The van der Waals surface area contributed by atoms with Gasteiger partial charge in [0.15, 0.2) is 0 Å². The lowest BCUT2D eigenvalue weighted by molar-refractivity contribution is 0.0734. The molecule has 0 heterocycles. The van der Waals surface area contributed by atoms with Crippen molar-refractivity contribution in [1.29, 1.82) is 0 Å².